The van der Waals surface area contributed by atoms with Crippen molar-refractivity contribution >= 4 is 7.82 Å². The van der Waals surface area contributed by atoms with Crippen molar-refractivity contribution in [3.8, 4) is 0 Å². The summed E-state index contributed by atoms with van der Waals surface area (Å²) in [6.07, 6.45) is 17.4. The molecule has 37 heavy (non-hydrogen) atoms. The topological polar surface area (TPSA) is 100 Å². The van der Waals surface area contributed by atoms with Crippen molar-refractivity contribution in [3.63, 3.8) is 0 Å². The second kappa shape index (κ2) is 30.7. The van der Waals surface area contributed by atoms with Gasteiger partial charge in [-0.1, -0.05) is 97.1 Å². The van der Waals surface area contributed by atoms with E-state index in [4.69, 9.17) is 18.5 Å². The Morgan fingerprint density at radius 1 is 0.730 bits per heavy atom. The molecule has 0 aromatic rings. The van der Waals surface area contributed by atoms with E-state index in [2.05, 4.69) is 27.0 Å². The number of phosphoric acid groups is 1. The standard InChI is InChI=1S/C16H35O4P.C12H21O3.Ti/c1-3-5-7-9-11-13-15-19-21(17,18)20-16-14-12-10-8-6-4-2;1-4-7-14-10-12(6-3,9-13)11-15-8-5-2;/h3-16H2,1-2H3,(H,17,18);4-5H,1-2,6-11H2,3H3;/q;-1;+4/p-1. The van der Waals surface area contributed by atoms with Gasteiger partial charge >= 0.3 is 21.7 Å². The summed E-state index contributed by atoms with van der Waals surface area (Å²) in [4.78, 5) is 11.5. The van der Waals surface area contributed by atoms with Crippen molar-refractivity contribution in [1.29, 1.82) is 0 Å². The molecule has 0 aliphatic carbocycles. The van der Waals surface area contributed by atoms with Gasteiger partial charge in [-0.3, -0.25) is 4.57 Å². The summed E-state index contributed by atoms with van der Waals surface area (Å²) in [5.41, 5.74) is -0.411. The average Bonchev–Trinajstić information content (AvgIpc) is 2.87. The molecular weight excluding hydrogens is 527 g/mol. The fourth-order valence-electron chi connectivity index (χ4n) is 3.30. The Bertz CT molecular complexity index is 493. The van der Waals surface area contributed by atoms with Crippen molar-refractivity contribution in [3.05, 3.63) is 25.3 Å². The second-order valence-corrected chi connectivity index (χ2v) is 10.7. The van der Waals surface area contributed by atoms with Gasteiger partial charge in [0.1, 0.15) is 0 Å². The van der Waals surface area contributed by atoms with E-state index >= 15 is 0 Å². The van der Waals surface area contributed by atoms with Crippen molar-refractivity contribution in [1.82, 2.24) is 0 Å². The van der Waals surface area contributed by atoms with Crippen molar-refractivity contribution in [2.75, 3.05) is 46.2 Å². The monoisotopic (exact) mass is 582 g/mol. The van der Waals surface area contributed by atoms with Gasteiger partial charge in [0.15, 0.2) is 0 Å². The molecule has 0 aliphatic rings. The zero-order valence-electron chi connectivity index (χ0n) is 24.0. The maximum absolute atomic E-state index is 11.5. The maximum Gasteiger partial charge on any atom is 4.00 e. The molecule has 0 aromatic heterocycles. The first kappa shape index (κ1) is 41.7. The van der Waals surface area contributed by atoms with Gasteiger partial charge in [-0.2, -0.15) is 0 Å². The van der Waals surface area contributed by atoms with Crippen LogP contribution in [0.15, 0.2) is 25.3 Å². The van der Waals surface area contributed by atoms with Crippen LogP contribution in [0.5, 0.6) is 0 Å². The average molecular weight is 583 g/mol. The summed E-state index contributed by atoms with van der Waals surface area (Å²) in [5, 5.41) is 11.2. The minimum Gasteiger partial charge on any atom is -0.854 e. The minimum atomic E-state index is -4.07. The third-order valence-electron chi connectivity index (χ3n) is 5.84. The van der Waals surface area contributed by atoms with Gasteiger partial charge in [0.25, 0.3) is 7.82 Å². The molecule has 216 valence electrons. The summed E-state index contributed by atoms with van der Waals surface area (Å²) < 4.78 is 31.9. The molecule has 0 unspecified atom stereocenters. The Morgan fingerprint density at radius 3 is 1.43 bits per heavy atom. The van der Waals surface area contributed by atoms with Crippen molar-refractivity contribution < 1.29 is 54.8 Å². The zero-order chi connectivity index (χ0) is 27.4. The molecule has 9 heteroatoms. The number of hydrogen-bond donors (Lipinski definition) is 0. The van der Waals surface area contributed by atoms with E-state index in [1.165, 1.54) is 38.5 Å². The van der Waals surface area contributed by atoms with Crippen LogP contribution in [0.4, 0.5) is 0 Å². The predicted octanol–water partition coefficient (Wildman–Crippen LogP) is 6.35. The van der Waals surface area contributed by atoms with Crippen LogP contribution in [0.25, 0.3) is 0 Å². The van der Waals surface area contributed by atoms with Gasteiger partial charge in [0.2, 0.25) is 0 Å². The number of hydrogen-bond acceptors (Lipinski definition) is 7. The number of ether oxygens (including phenoxy) is 2. The molecular formula is C28H55O7PTi+2. The number of phosphoric ester groups is 1. The third-order valence-corrected chi connectivity index (χ3v) is 6.84. The first-order valence-electron chi connectivity index (χ1n) is 13.9. The van der Waals surface area contributed by atoms with E-state index in [0.717, 1.165) is 44.9 Å². The largest absolute Gasteiger partial charge is 4.00 e. The van der Waals surface area contributed by atoms with Gasteiger partial charge in [0, 0.05) is 5.41 Å². The molecule has 0 bridgehead atoms. The van der Waals surface area contributed by atoms with E-state index in [-0.39, 0.29) is 41.5 Å². The first-order chi connectivity index (χ1) is 17.4. The Kier molecular flexibility index (Phi) is 34.6. The van der Waals surface area contributed by atoms with Crippen molar-refractivity contribution in [2.45, 2.75) is 104 Å². The van der Waals surface area contributed by atoms with E-state index in [0.29, 0.717) is 26.4 Å². The minimum absolute atomic E-state index is 0. The van der Waals surface area contributed by atoms with Crippen LogP contribution in [0.3, 0.4) is 0 Å². The molecule has 0 saturated carbocycles. The first-order valence-corrected chi connectivity index (χ1v) is 15.4. The van der Waals surface area contributed by atoms with E-state index < -0.39 is 13.2 Å². The van der Waals surface area contributed by atoms with E-state index in [1.54, 1.807) is 12.2 Å². The molecule has 0 heterocycles. The van der Waals surface area contributed by atoms with Crippen LogP contribution in [0.1, 0.15) is 104 Å². The summed E-state index contributed by atoms with van der Waals surface area (Å²) >= 11 is 0. The summed E-state index contributed by atoms with van der Waals surface area (Å²) in [6, 6.07) is 0. The summed E-state index contributed by atoms with van der Waals surface area (Å²) in [6.45, 7) is 15.6. The smallest absolute Gasteiger partial charge is 0.854 e. The number of rotatable bonds is 26. The van der Waals surface area contributed by atoms with Gasteiger partial charge in [0.05, 0.1) is 39.6 Å². The molecule has 0 amide bonds. The van der Waals surface area contributed by atoms with Gasteiger partial charge < -0.3 is 28.5 Å². The molecule has 7 nitrogen and oxygen atoms in total. The van der Waals surface area contributed by atoms with Crippen LogP contribution in [-0.4, -0.2) is 46.2 Å². The van der Waals surface area contributed by atoms with Crippen LogP contribution >= 0.6 is 7.82 Å². The number of unbranched alkanes of at least 4 members (excludes halogenated alkanes) is 10. The molecule has 0 saturated heterocycles. The van der Waals surface area contributed by atoms with Gasteiger partial charge in [-0.05, 0) is 19.3 Å². The van der Waals surface area contributed by atoms with E-state index in [9.17, 15) is 14.6 Å². The Labute approximate surface area is 243 Å². The van der Waals surface area contributed by atoms with Crippen LogP contribution in [0, 0.1) is 5.41 Å². The molecule has 0 rings (SSSR count). The van der Waals surface area contributed by atoms with Crippen LogP contribution in [0.2, 0.25) is 0 Å². The fraction of sp³-hybridized carbons (Fsp3) is 0.857. The second-order valence-electron chi connectivity index (χ2n) is 9.25. The quantitative estimate of drug-likeness (QED) is 0.0507. The SMILES string of the molecule is C=CCOCC(CC)(C[O-])COCC=C.CCCCCCCCOP(=O)([O-])OCCCCCCCC.[Ti+4]. The molecule has 0 fully saturated rings. The molecule has 0 aliphatic heterocycles. The Balaban J connectivity index is -0.000000641. The molecule has 0 aromatic carbocycles. The Morgan fingerprint density at radius 2 is 1.11 bits per heavy atom. The fourth-order valence-corrected chi connectivity index (χ4v) is 4.08. The maximum atomic E-state index is 11.5. The van der Waals surface area contributed by atoms with Crippen LogP contribution in [-0.2, 0) is 44.8 Å². The third kappa shape index (κ3) is 29.0. The normalized spacial score (nSPS) is 11.4. The zero-order valence-corrected chi connectivity index (χ0v) is 26.5. The molecule has 0 N–H and O–H groups in total. The Hall–Kier alpha value is 0.184. The van der Waals surface area contributed by atoms with E-state index in [1.807, 2.05) is 6.92 Å². The van der Waals surface area contributed by atoms with Gasteiger partial charge in [-0.25, -0.2) is 0 Å². The molecule has 0 spiro atoms. The predicted molar refractivity (Wildman–Crippen MR) is 146 cm³/mol. The van der Waals surface area contributed by atoms with Gasteiger partial charge in [-0.15, -0.1) is 19.8 Å². The summed E-state index contributed by atoms with van der Waals surface area (Å²) in [7, 11) is -4.07. The summed E-state index contributed by atoms with van der Waals surface area (Å²) in [5.74, 6) is 0. The van der Waals surface area contributed by atoms with Crippen LogP contribution < -0.4 is 10.00 Å². The van der Waals surface area contributed by atoms with Crippen molar-refractivity contribution in [2.24, 2.45) is 5.41 Å². The molecule has 0 atom stereocenters. The molecule has 0 radical (unpaired) electrons.